The van der Waals surface area contributed by atoms with Crippen LogP contribution in [0.5, 0.6) is 11.5 Å². The summed E-state index contributed by atoms with van der Waals surface area (Å²) in [5.41, 5.74) is 1.90. The smallest absolute Gasteiger partial charge is 0.235 e. The first-order valence-corrected chi connectivity index (χ1v) is 8.18. The molecule has 0 aliphatic heterocycles. The van der Waals surface area contributed by atoms with Gasteiger partial charge in [-0.25, -0.2) is 0 Å². The Balaban J connectivity index is 1.92. The van der Waals surface area contributed by atoms with Crippen LogP contribution in [0, 0.1) is 6.92 Å². The number of methoxy groups -OCH3 is 2. The number of carbonyl (C=O) groups excluding carboxylic acids is 1. The van der Waals surface area contributed by atoms with Crippen molar-refractivity contribution in [3.8, 4) is 11.5 Å². The Morgan fingerprint density at radius 2 is 1.79 bits per heavy atom. The average Bonchev–Trinajstić information content (AvgIpc) is 3.39. The highest BCUT2D eigenvalue weighted by Gasteiger charge is 2.53. The van der Waals surface area contributed by atoms with Gasteiger partial charge < -0.3 is 14.8 Å². The topological polar surface area (TPSA) is 47.6 Å². The molecule has 5 heteroatoms. The van der Waals surface area contributed by atoms with Crippen molar-refractivity contribution in [2.45, 2.75) is 25.2 Å². The van der Waals surface area contributed by atoms with Crippen LogP contribution in [-0.2, 0) is 10.2 Å². The van der Waals surface area contributed by atoms with Crippen LogP contribution in [0.25, 0.3) is 0 Å². The number of hydrogen-bond acceptors (Lipinski definition) is 3. The molecular weight excluding hydrogens is 326 g/mol. The summed E-state index contributed by atoms with van der Waals surface area (Å²) in [4.78, 5) is 13.0. The van der Waals surface area contributed by atoms with Crippen molar-refractivity contribution >= 4 is 23.2 Å². The molecule has 1 fully saturated rings. The lowest BCUT2D eigenvalue weighted by Gasteiger charge is -2.20. The Kier molecular flexibility index (Phi) is 4.41. The molecule has 4 nitrogen and oxygen atoms in total. The predicted octanol–water partition coefficient (Wildman–Crippen LogP) is 4.34. The molecule has 0 aromatic heterocycles. The highest BCUT2D eigenvalue weighted by Crippen LogP contribution is 2.52. The lowest BCUT2D eigenvalue weighted by molar-refractivity contribution is -0.118. The summed E-state index contributed by atoms with van der Waals surface area (Å²) in [6.45, 7) is 1.89. The van der Waals surface area contributed by atoms with Crippen molar-refractivity contribution < 1.29 is 14.3 Å². The minimum atomic E-state index is -0.537. The number of halogens is 1. The quantitative estimate of drug-likeness (QED) is 0.877. The number of rotatable bonds is 5. The molecule has 24 heavy (non-hydrogen) atoms. The second-order valence-corrected chi connectivity index (χ2v) is 6.45. The van der Waals surface area contributed by atoms with Crippen LogP contribution in [0.1, 0.15) is 24.0 Å². The van der Waals surface area contributed by atoms with Gasteiger partial charge in [0.05, 0.1) is 25.3 Å². The molecule has 1 saturated carbocycles. The standard InChI is InChI=1S/C19H20ClNO3/c1-12-10-15(17(24-3)11-14(12)20)21-18(22)19(8-9-19)13-6-4-5-7-16(13)23-2/h4-7,10-11H,8-9H2,1-3H3,(H,21,22). The minimum absolute atomic E-state index is 0.0491. The van der Waals surface area contributed by atoms with Crippen LogP contribution in [-0.4, -0.2) is 20.1 Å². The number of ether oxygens (including phenoxy) is 2. The van der Waals surface area contributed by atoms with E-state index in [4.69, 9.17) is 21.1 Å². The van der Waals surface area contributed by atoms with Crippen molar-refractivity contribution in [2.24, 2.45) is 0 Å². The van der Waals surface area contributed by atoms with E-state index in [1.165, 1.54) is 0 Å². The van der Waals surface area contributed by atoms with Gasteiger partial charge in [-0.3, -0.25) is 4.79 Å². The van der Waals surface area contributed by atoms with Crippen LogP contribution in [0.15, 0.2) is 36.4 Å². The normalized spacial score (nSPS) is 14.8. The van der Waals surface area contributed by atoms with Gasteiger partial charge in [-0.1, -0.05) is 29.8 Å². The highest BCUT2D eigenvalue weighted by molar-refractivity contribution is 6.31. The van der Waals surface area contributed by atoms with Gasteiger partial charge in [0.25, 0.3) is 0 Å². The molecule has 1 N–H and O–H groups in total. The monoisotopic (exact) mass is 345 g/mol. The van der Waals surface area contributed by atoms with E-state index in [0.29, 0.717) is 16.5 Å². The summed E-state index contributed by atoms with van der Waals surface area (Å²) in [6.07, 6.45) is 1.60. The number of hydrogen-bond donors (Lipinski definition) is 1. The predicted molar refractivity (Wildman–Crippen MR) is 95.3 cm³/mol. The Morgan fingerprint density at radius 3 is 2.42 bits per heavy atom. The van der Waals surface area contributed by atoms with E-state index in [2.05, 4.69) is 5.32 Å². The van der Waals surface area contributed by atoms with E-state index in [1.54, 1.807) is 20.3 Å². The zero-order chi connectivity index (χ0) is 17.3. The zero-order valence-electron chi connectivity index (χ0n) is 14.0. The van der Waals surface area contributed by atoms with E-state index < -0.39 is 5.41 Å². The molecule has 0 unspecified atom stereocenters. The maximum Gasteiger partial charge on any atom is 0.235 e. The van der Waals surface area contributed by atoms with Crippen LogP contribution in [0.3, 0.4) is 0 Å². The van der Waals surface area contributed by atoms with E-state index in [9.17, 15) is 4.79 Å². The third-order valence-electron chi connectivity index (χ3n) is 4.54. The van der Waals surface area contributed by atoms with Gasteiger partial charge in [0.15, 0.2) is 0 Å². The molecule has 126 valence electrons. The second kappa shape index (κ2) is 6.36. The second-order valence-electron chi connectivity index (χ2n) is 6.04. The van der Waals surface area contributed by atoms with Crippen molar-refractivity contribution in [1.29, 1.82) is 0 Å². The molecule has 1 amide bonds. The summed E-state index contributed by atoms with van der Waals surface area (Å²) in [7, 11) is 3.18. The first-order chi connectivity index (χ1) is 11.5. The number of amides is 1. The summed E-state index contributed by atoms with van der Waals surface area (Å²) in [5, 5.41) is 3.61. The van der Waals surface area contributed by atoms with Crippen LogP contribution in [0.2, 0.25) is 5.02 Å². The molecule has 0 radical (unpaired) electrons. The van der Waals surface area contributed by atoms with Gasteiger partial charge >= 0.3 is 0 Å². The molecule has 2 aromatic carbocycles. The summed E-state index contributed by atoms with van der Waals surface area (Å²) in [6, 6.07) is 11.2. The highest BCUT2D eigenvalue weighted by atomic mass is 35.5. The number of nitrogens with one attached hydrogen (secondary N) is 1. The fourth-order valence-corrected chi connectivity index (χ4v) is 3.11. The third-order valence-corrected chi connectivity index (χ3v) is 4.94. The lowest BCUT2D eigenvalue weighted by Crippen LogP contribution is -2.28. The van der Waals surface area contributed by atoms with Crippen molar-refractivity contribution in [3.63, 3.8) is 0 Å². The Morgan fingerprint density at radius 1 is 1.12 bits per heavy atom. The van der Waals surface area contributed by atoms with Crippen molar-refractivity contribution in [3.05, 3.63) is 52.5 Å². The van der Waals surface area contributed by atoms with E-state index in [1.807, 2.05) is 37.3 Å². The fourth-order valence-electron chi connectivity index (χ4n) is 2.96. The number of carbonyl (C=O) groups is 1. The molecule has 0 bridgehead atoms. The van der Waals surface area contributed by atoms with Crippen molar-refractivity contribution in [2.75, 3.05) is 19.5 Å². The minimum Gasteiger partial charge on any atom is -0.496 e. The Labute approximate surface area is 146 Å². The summed E-state index contributed by atoms with van der Waals surface area (Å²) in [5.74, 6) is 1.24. The maximum atomic E-state index is 13.0. The molecule has 1 aliphatic carbocycles. The van der Waals surface area contributed by atoms with E-state index in [-0.39, 0.29) is 5.91 Å². The zero-order valence-corrected chi connectivity index (χ0v) is 14.7. The number of benzene rings is 2. The molecule has 0 heterocycles. The van der Waals surface area contributed by atoms with Gasteiger partial charge in [0.1, 0.15) is 11.5 Å². The Hall–Kier alpha value is -2.20. The Bertz CT molecular complexity index is 784. The first-order valence-electron chi connectivity index (χ1n) is 7.81. The first kappa shape index (κ1) is 16.7. The van der Waals surface area contributed by atoms with Gasteiger partial charge in [0.2, 0.25) is 5.91 Å². The lowest BCUT2D eigenvalue weighted by atomic mass is 9.93. The fraction of sp³-hybridized carbons (Fsp3) is 0.316. The van der Waals surface area contributed by atoms with E-state index >= 15 is 0 Å². The molecule has 0 spiro atoms. The summed E-state index contributed by atoms with van der Waals surface area (Å²) >= 11 is 6.13. The number of anilines is 1. The number of para-hydroxylation sites is 1. The molecular formula is C19H20ClNO3. The van der Waals surface area contributed by atoms with Gasteiger partial charge in [-0.05, 0) is 37.5 Å². The average molecular weight is 346 g/mol. The summed E-state index contributed by atoms with van der Waals surface area (Å²) < 4.78 is 10.8. The third kappa shape index (κ3) is 2.82. The van der Waals surface area contributed by atoms with Gasteiger partial charge in [-0.2, -0.15) is 0 Å². The van der Waals surface area contributed by atoms with Gasteiger partial charge in [0, 0.05) is 16.7 Å². The maximum absolute atomic E-state index is 13.0. The number of aryl methyl sites for hydroxylation is 1. The van der Waals surface area contributed by atoms with Gasteiger partial charge in [-0.15, -0.1) is 0 Å². The largest absolute Gasteiger partial charge is 0.496 e. The van der Waals surface area contributed by atoms with E-state index in [0.717, 1.165) is 29.7 Å². The molecule has 3 rings (SSSR count). The van der Waals surface area contributed by atoms with Crippen LogP contribution in [0.4, 0.5) is 5.69 Å². The van der Waals surface area contributed by atoms with Crippen LogP contribution < -0.4 is 14.8 Å². The van der Waals surface area contributed by atoms with Crippen LogP contribution >= 0.6 is 11.6 Å². The molecule has 0 atom stereocenters. The molecule has 0 saturated heterocycles. The SMILES string of the molecule is COc1cc(Cl)c(C)cc1NC(=O)C1(c2ccccc2OC)CC1. The van der Waals surface area contributed by atoms with Crippen molar-refractivity contribution in [1.82, 2.24) is 0 Å². The molecule has 1 aliphatic rings. The molecule has 2 aromatic rings.